The maximum Gasteiger partial charge on any atom is 0.229 e. The third-order valence-corrected chi connectivity index (χ3v) is 3.22. The van der Waals surface area contributed by atoms with Crippen LogP contribution >= 0.6 is 23.2 Å². The van der Waals surface area contributed by atoms with E-state index in [1.54, 1.807) is 24.4 Å². The molecule has 2 N–H and O–H groups in total. The number of anilines is 3. The van der Waals surface area contributed by atoms with E-state index in [1.807, 2.05) is 6.07 Å². The largest absolute Gasteiger partial charge is 0.367 e. The Morgan fingerprint density at radius 3 is 2.55 bits per heavy atom. The lowest BCUT2D eigenvalue weighted by Gasteiger charge is -2.13. The van der Waals surface area contributed by atoms with Crippen LogP contribution in [0.2, 0.25) is 10.0 Å². The van der Waals surface area contributed by atoms with Gasteiger partial charge in [-0.05, 0) is 37.6 Å². The van der Waals surface area contributed by atoms with Crippen molar-refractivity contribution in [3.05, 3.63) is 40.5 Å². The number of nitrogens with one attached hydrogen (secondary N) is 2. The van der Waals surface area contributed by atoms with Gasteiger partial charge in [-0.25, -0.2) is 4.98 Å². The van der Waals surface area contributed by atoms with Gasteiger partial charge in [0.25, 0.3) is 0 Å². The van der Waals surface area contributed by atoms with Crippen molar-refractivity contribution in [3.8, 4) is 0 Å². The van der Waals surface area contributed by atoms with Crippen LogP contribution in [0.25, 0.3) is 0 Å². The molecule has 0 radical (unpaired) electrons. The smallest absolute Gasteiger partial charge is 0.229 e. The molecule has 1 heterocycles. The molecule has 20 heavy (non-hydrogen) atoms. The number of aromatic nitrogens is 2. The minimum absolute atomic E-state index is 0.360. The monoisotopic (exact) mass is 310 g/mol. The summed E-state index contributed by atoms with van der Waals surface area (Å²) in [5.41, 5.74) is 0.753. The molecule has 2 rings (SSSR count). The fourth-order valence-electron chi connectivity index (χ4n) is 1.61. The molecule has 0 saturated carbocycles. The number of nitrogens with zero attached hydrogens (tertiary/aromatic N) is 2. The molecular weight excluding hydrogens is 295 g/mol. The van der Waals surface area contributed by atoms with Crippen LogP contribution in [0, 0.1) is 0 Å². The van der Waals surface area contributed by atoms with Crippen LogP contribution in [0.1, 0.15) is 20.3 Å². The molecule has 0 saturated heterocycles. The lowest BCUT2D eigenvalue weighted by Crippen LogP contribution is -2.14. The van der Waals surface area contributed by atoms with E-state index < -0.39 is 0 Å². The SMILES string of the molecule is CCC(C)Nc1ccnc(Nc2cc(Cl)cc(Cl)c2)n1. The molecule has 0 aliphatic rings. The van der Waals surface area contributed by atoms with Crippen LogP contribution in [0.4, 0.5) is 17.5 Å². The maximum atomic E-state index is 5.96. The highest BCUT2D eigenvalue weighted by Crippen LogP contribution is 2.24. The predicted molar refractivity (Wildman–Crippen MR) is 85.2 cm³/mol. The maximum absolute atomic E-state index is 5.96. The fraction of sp³-hybridized carbons (Fsp3) is 0.286. The highest BCUT2D eigenvalue weighted by atomic mass is 35.5. The normalized spacial score (nSPS) is 12.0. The second-order valence-corrected chi connectivity index (χ2v) is 5.38. The van der Waals surface area contributed by atoms with Crippen molar-refractivity contribution in [1.82, 2.24) is 9.97 Å². The summed E-state index contributed by atoms with van der Waals surface area (Å²) in [5.74, 6) is 1.28. The third-order valence-electron chi connectivity index (χ3n) is 2.78. The van der Waals surface area contributed by atoms with Crippen molar-refractivity contribution in [2.24, 2.45) is 0 Å². The Balaban J connectivity index is 2.15. The van der Waals surface area contributed by atoms with Gasteiger partial charge in [0.2, 0.25) is 5.95 Å². The van der Waals surface area contributed by atoms with Gasteiger partial charge in [0.15, 0.2) is 0 Å². The summed E-state index contributed by atoms with van der Waals surface area (Å²) in [7, 11) is 0. The highest BCUT2D eigenvalue weighted by Gasteiger charge is 2.04. The number of halogens is 2. The first-order valence-corrected chi connectivity index (χ1v) is 7.15. The average Bonchev–Trinajstić information content (AvgIpc) is 2.37. The Kier molecular flexibility index (Phi) is 5.04. The third kappa shape index (κ3) is 4.25. The second kappa shape index (κ2) is 6.77. The van der Waals surface area contributed by atoms with Crippen molar-refractivity contribution in [2.75, 3.05) is 10.6 Å². The number of rotatable bonds is 5. The van der Waals surface area contributed by atoms with Gasteiger partial charge in [-0.2, -0.15) is 4.98 Å². The summed E-state index contributed by atoms with van der Waals surface area (Å²) in [6, 6.07) is 7.41. The highest BCUT2D eigenvalue weighted by molar-refractivity contribution is 6.35. The van der Waals surface area contributed by atoms with Gasteiger partial charge < -0.3 is 10.6 Å². The van der Waals surface area contributed by atoms with E-state index in [1.165, 1.54) is 0 Å². The Morgan fingerprint density at radius 1 is 1.20 bits per heavy atom. The molecule has 6 heteroatoms. The zero-order chi connectivity index (χ0) is 14.5. The molecule has 1 aromatic heterocycles. The number of hydrogen-bond donors (Lipinski definition) is 2. The minimum atomic E-state index is 0.360. The molecule has 0 aliphatic heterocycles. The standard InChI is InChI=1S/C14H16Cl2N4/c1-3-9(2)18-13-4-5-17-14(20-13)19-12-7-10(15)6-11(16)8-12/h4-9H,3H2,1-2H3,(H2,17,18,19,20). The minimum Gasteiger partial charge on any atom is -0.367 e. The molecule has 0 amide bonds. The quantitative estimate of drug-likeness (QED) is 0.837. The van der Waals surface area contributed by atoms with Crippen LogP contribution in [-0.4, -0.2) is 16.0 Å². The molecule has 106 valence electrons. The van der Waals surface area contributed by atoms with E-state index in [0.717, 1.165) is 17.9 Å². The van der Waals surface area contributed by atoms with Crippen molar-refractivity contribution < 1.29 is 0 Å². The number of benzene rings is 1. The summed E-state index contributed by atoms with van der Waals surface area (Å²) >= 11 is 11.9. The van der Waals surface area contributed by atoms with Crippen molar-refractivity contribution in [2.45, 2.75) is 26.3 Å². The second-order valence-electron chi connectivity index (χ2n) is 4.50. The number of hydrogen-bond acceptors (Lipinski definition) is 4. The van der Waals surface area contributed by atoms with E-state index in [9.17, 15) is 0 Å². The Bertz CT molecular complexity index is 569. The van der Waals surface area contributed by atoms with E-state index in [2.05, 4.69) is 34.4 Å². The van der Waals surface area contributed by atoms with Gasteiger partial charge in [-0.3, -0.25) is 0 Å². The zero-order valence-corrected chi connectivity index (χ0v) is 12.8. The zero-order valence-electron chi connectivity index (χ0n) is 11.3. The van der Waals surface area contributed by atoms with E-state index in [-0.39, 0.29) is 0 Å². The van der Waals surface area contributed by atoms with Crippen molar-refractivity contribution >= 4 is 40.7 Å². The first kappa shape index (κ1) is 14.9. The van der Waals surface area contributed by atoms with Crippen molar-refractivity contribution in [3.63, 3.8) is 0 Å². The lowest BCUT2D eigenvalue weighted by molar-refractivity contribution is 0.758. The molecule has 0 fully saturated rings. The van der Waals surface area contributed by atoms with Gasteiger partial charge >= 0.3 is 0 Å². The summed E-state index contributed by atoms with van der Waals surface area (Å²) in [5, 5.41) is 7.51. The van der Waals surface area contributed by atoms with Crippen molar-refractivity contribution in [1.29, 1.82) is 0 Å². The molecule has 0 bridgehead atoms. The molecule has 1 aromatic carbocycles. The topological polar surface area (TPSA) is 49.8 Å². The summed E-state index contributed by atoms with van der Waals surface area (Å²) in [6.45, 7) is 4.22. The van der Waals surface area contributed by atoms with Crippen LogP contribution < -0.4 is 10.6 Å². The Morgan fingerprint density at radius 2 is 1.90 bits per heavy atom. The summed E-state index contributed by atoms with van der Waals surface area (Å²) < 4.78 is 0. The van der Waals surface area contributed by atoms with Gasteiger partial charge in [0.1, 0.15) is 5.82 Å². The molecule has 2 aromatic rings. The van der Waals surface area contributed by atoms with Crippen LogP contribution in [-0.2, 0) is 0 Å². The lowest BCUT2D eigenvalue weighted by atomic mass is 10.2. The van der Waals surface area contributed by atoms with E-state index >= 15 is 0 Å². The first-order valence-electron chi connectivity index (χ1n) is 6.39. The van der Waals surface area contributed by atoms with E-state index in [0.29, 0.717) is 22.0 Å². The predicted octanol–water partition coefficient (Wildman–Crippen LogP) is 4.74. The van der Waals surface area contributed by atoms with Gasteiger partial charge in [0, 0.05) is 28.0 Å². The Hall–Kier alpha value is -1.52. The first-order chi connectivity index (χ1) is 9.56. The molecule has 0 spiro atoms. The molecule has 1 atom stereocenters. The van der Waals surface area contributed by atoms with Gasteiger partial charge in [-0.15, -0.1) is 0 Å². The van der Waals surface area contributed by atoms with Gasteiger partial charge in [-0.1, -0.05) is 30.1 Å². The van der Waals surface area contributed by atoms with Crippen LogP contribution in [0.5, 0.6) is 0 Å². The van der Waals surface area contributed by atoms with Gasteiger partial charge in [0.05, 0.1) is 0 Å². The average molecular weight is 311 g/mol. The molecular formula is C14H16Cl2N4. The summed E-state index contributed by atoms with van der Waals surface area (Å²) in [4.78, 5) is 8.57. The summed E-state index contributed by atoms with van der Waals surface area (Å²) in [6.07, 6.45) is 2.73. The fourth-order valence-corrected chi connectivity index (χ4v) is 2.13. The molecule has 4 nitrogen and oxygen atoms in total. The van der Waals surface area contributed by atoms with E-state index in [4.69, 9.17) is 23.2 Å². The molecule has 0 aliphatic carbocycles. The Labute approximate surface area is 128 Å². The van der Waals surface area contributed by atoms with Crippen LogP contribution in [0.15, 0.2) is 30.5 Å². The van der Waals surface area contributed by atoms with Crippen LogP contribution in [0.3, 0.4) is 0 Å². The molecule has 1 unspecified atom stereocenters.